The van der Waals surface area contributed by atoms with Crippen molar-refractivity contribution < 1.29 is 31.5 Å². The van der Waals surface area contributed by atoms with Gasteiger partial charge in [0.25, 0.3) is 16.1 Å². The van der Waals surface area contributed by atoms with Crippen LogP contribution in [0.3, 0.4) is 0 Å². The highest BCUT2D eigenvalue weighted by Gasteiger charge is 2.23. The molecule has 0 aliphatic heterocycles. The van der Waals surface area contributed by atoms with Gasteiger partial charge in [-0.05, 0) is 18.2 Å². The Bertz CT molecular complexity index is 1030. The van der Waals surface area contributed by atoms with E-state index in [1.54, 1.807) is 25.1 Å². The predicted molar refractivity (Wildman–Crippen MR) is 112 cm³/mol. The molecule has 0 aromatic heterocycles. The maximum atomic E-state index is 14.4. The number of hydrogen-bond donors (Lipinski definition) is 1. The van der Waals surface area contributed by atoms with Crippen LogP contribution in [0.25, 0.3) is 0 Å². The molecule has 0 unspecified atom stereocenters. The topological polar surface area (TPSA) is 88.2 Å². The van der Waals surface area contributed by atoms with Crippen LogP contribution in [0.15, 0.2) is 36.4 Å². The molecule has 0 fully saturated rings. The van der Waals surface area contributed by atoms with Crippen LogP contribution in [0.1, 0.15) is 17.3 Å². The third-order valence-corrected chi connectivity index (χ3v) is 6.34. The zero-order valence-corrected chi connectivity index (χ0v) is 18.5. The monoisotopic (exact) mass is 457 g/mol. The summed E-state index contributed by atoms with van der Waals surface area (Å²) in [6.45, 7) is 1.74. The Hall–Kier alpha value is -2.76. The van der Waals surface area contributed by atoms with Gasteiger partial charge in [-0.25, -0.2) is 8.78 Å². The molecule has 8 nitrogen and oxygen atoms in total. The summed E-state index contributed by atoms with van der Waals surface area (Å²) in [5, 5.41) is 2.40. The number of nitrogens with zero attached hydrogens (tertiary/aromatic N) is 2. The fourth-order valence-electron chi connectivity index (χ4n) is 2.63. The number of carbonyl (C=O) groups is 1. The molecule has 170 valence electrons. The Morgan fingerprint density at radius 3 is 2.39 bits per heavy atom. The molecule has 0 aliphatic rings. The van der Waals surface area contributed by atoms with E-state index >= 15 is 0 Å². The SMILES string of the molecule is CCN(CCNC(=O)c1cc(F)c(Oc2cccc(OC)c2)cc1F)S(=O)(=O)N(C)C. The van der Waals surface area contributed by atoms with Crippen molar-refractivity contribution in [1.29, 1.82) is 0 Å². The Morgan fingerprint density at radius 1 is 1.10 bits per heavy atom. The Balaban J connectivity index is 2.07. The van der Waals surface area contributed by atoms with Crippen LogP contribution in [-0.2, 0) is 10.2 Å². The van der Waals surface area contributed by atoms with Gasteiger partial charge in [0, 0.05) is 45.9 Å². The first-order valence-corrected chi connectivity index (χ1v) is 10.8. The van der Waals surface area contributed by atoms with Gasteiger partial charge in [0.2, 0.25) is 0 Å². The van der Waals surface area contributed by atoms with E-state index in [1.165, 1.54) is 27.3 Å². The standard InChI is InChI=1S/C20H25F2N3O5S/c1-5-25(31(27,28)24(2)3)10-9-23-20(26)16-12-18(22)19(13-17(16)21)30-15-8-6-7-14(11-15)29-4/h6-8,11-13H,5,9-10H2,1-4H3,(H,23,26). The number of likely N-dealkylation sites (N-methyl/N-ethyl adjacent to an activating group) is 1. The molecule has 0 spiro atoms. The van der Waals surface area contributed by atoms with E-state index in [0.717, 1.165) is 20.7 Å². The third kappa shape index (κ3) is 6.12. The second-order valence-corrected chi connectivity index (χ2v) is 8.72. The number of amides is 1. The van der Waals surface area contributed by atoms with E-state index in [-0.39, 0.29) is 25.4 Å². The Labute approximate surface area is 180 Å². The first kappa shape index (κ1) is 24.5. The Morgan fingerprint density at radius 2 is 1.77 bits per heavy atom. The van der Waals surface area contributed by atoms with E-state index in [4.69, 9.17) is 9.47 Å². The molecule has 0 radical (unpaired) electrons. The van der Waals surface area contributed by atoms with Crippen molar-refractivity contribution in [1.82, 2.24) is 13.9 Å². The van der Waals surface area contributed by atoms with Crippen molar-refractivity contribution in [3.63, 3.8) is 0 Å². The zero-order valence-electron chi connectivity index (χ0n) is 17.7. The average Bonchev–Trinajstić information content (AvgIpc) is 2.73. The van der Waals surface area contributed by atoms with E-state index in [2.05, 4.69) is 5.32 Å². The van der Waals surface area contributed by atoms with Crippen molar-refractivity contribution in [3.05, 3.63) is 53.6 Å². The lowest BCUT2D eigenvalue weighted by Crippen LogP contribution is -2.43. The summed E-state index contributed by atoms with van der Waals surface area (Å²) in [5.41, 5.74) is -0.519. The van der Waals surface area contributed by atoms with Gasteiger partial charge < -0.3 is 14.8 Å². The van der Waals surface area contributed by atoms with Gasteiger partial charge >= 0.3 is 0 Å². The second kappa shape index (κ2) is 10.5. The fourth-order valence-corrected chi connectivity index (χ4v) is 3.74. The second-order valence-electron chi connectivity index (χ2n) is 6.58. The minimum absolute atomic E-state index is 0.0239. The number of rotatable bonds is 10. The van der Waals surface area contributed by atoms with E-state index in [9.17, 15) is 22.0 Å². The van der Waals surface area contributed by atoms with Crippen molar-refractivity contribution in [2.45, 2.75) is 6.92 Å². The molecule has 0 bridgehead atoms. The number of methoxy groups -OCH3 is 1. The molecule has 0 atom stereocenters. The van der Waals surface area contributed by atoms with E-state index < -0.39 is 39.1 Å². The average molecular weight is 457 g/mol. The van der Waals surface area contributed by atoms with Crippen LogP contribution >= 0.6 is 0 Å². The first-order valence-electron chi connectivity index (χ1n) is 9.36. The summed E-state index contributed by atoms with van der Waals surface area (Å²) in [6, 6.07) is 7.84. The molecule has 11 heteroatoms. The van der Waals surface area contributed by atoms with E-state index in [1.807, 2.05) is 0 Å². The maximum Gasteiger partial charge on any atom is 0.281 e. The molecular formula is C20H25F2N3O5S. The first-order chi connectivity index (χ1) is 14.6. The van der Waals surface area contributed by atoms with Crippen LogP contribution in [0.2, 0.25) is 0 Å². The molecule has 2 rings (SSSR count). The molecule has 0 saturated heterocycles. The van der Waals surface area contributed by atoms with Gasteiger partial charge in [-0.1, -0.05) is 13.0 Å². The van der Waals surface area contributed by atoms with Crippen LogP contribution < -0.4 is 14.8 Å². The van der Waals surface area contributed by atoms with Crippen LogP contribution in [0, 0.1) is 11.6 Å². The summed E-state index contributed by atoms with van der Waals surface area (Å²) in [5.74, 6) is -2.47. The summed E-state index contributed by atoms with van der Waals surface area (Å²) in [6.07, 6.45) is 0. The van der Waals surface area contributed by atoms with Gasteiger partial charge in [0.15, 0.2) is 11.6 Å². The van der Waals surface area contributed by atoms with Gasteiger partial charge in [0.1, 0.15) is 17.3 Å². The zero-order chi connectivity index (χ0) is 23.2. The normalized spacial score (nSPS) is 11.6. The quantitative estimate of drug-likeness (QED) is 0.593. The van der Waals surface area contributed by atoms with Crippen molar-refractivity contribution in [3.8, 4) is 17.2 Å². The van der Waals surface area contributed by atoms with Crippen LogP contribution in [0.5, 0.6) is 17.2 Å². The lowest BCUT2D eigenvalue weighted by Gasteiger charge is -2.24. The molecule has 31 heavy (non-hydrogen) atoms. The number of benzene rings is 2. The smallest absolute Gasteiger partial charge is 0.281 e. The number of hydrogen-bond acceptors (Lipinski definition) is 5. The van der Waals surface area contributed by atoms with E-state index in [0.29, 0.717) is 5.75 Å². The maximum absolute atomic E-state index is 14.4. The number of ether oxygens (including phenoxy) is 2. The van der Waals surface area contributed by atoms with Crippen molar-refractivity contribution >= 4 is 16.1 Å². The van der Waals surface area contributed by atoms with Crippen LogP contribution in [0.4, 0.5) is 8.78 Å². The highest BCUT2D eigenvalue weighted by atomic mass is 32.2. The highest BCUT2D eigenvalue weighted by Crippen LogP contribution is 2.29. The minimum Gasteiger partial charge on any atom is -0.497 e. The van der Waals surface area contributed by atoms with Gasteiger partial charge in [-0.3, -0.25) is 4.79 Å². The molecular weight excluding hydrogens is 432 g/mol. The molecule has 1 N–H and O–H groups in total. The lowest BCUT2D eigenvalue weighted by molar-refractivity contribution is 0.0947. The van der Waals surface area contributed by atoms with Crippen molar-refractivity contribution in [2.75, 3.05) is 40.8 Å². The highest BCUT2D eigenvalue weighted by molar-refractivity contribution is 7.86. The third-order valence-electron chi connectivity index (χ3n) is 4.32. The summed E-state index contributed by atoms with van der Waals surface area (Å²) < 4.78 is 65.7. The number of halogens is 2. The van der Waals surface area contributed by atoms with Crippen LogP contribution in [-0.4, -0.2) is 63.8 Å². The predicted octanol–water partition coefficient (Wildman–Crippen LogP) is 2.62. The van der Waals surface area contributed by atoms with Gasteiger partial charge in [-0.2, -0.15) is 17.0 Å². The molecule has 0 aliphatic carbocycles. The number of nitrogens with one attached hydrogen (secondary N) is 1. The molecule has 2 aromatic rings. The minimum atomic E-state index is -3.65. The molecule has 0 saturated carbocycles. The molecule has 1 amide bonds. The largest absolute Gasteiger partial charge is 0.497 e. The molecule has 2 aromatic carbocycles. The Kier molecular flexibility index (Phi) is 8.31. The summed E-state index contributed by atoms with van der Waals surface area (Å²) in [4.78, 5) is 12.3. The van der Waals surface area contributed by atoms with Crippen molar-refractivity contribution in [2.24, 2.45) is 0 Å². The molecule has 0 heterocycles. The number of carbonyl (C=O) groups excluding carboxylic acids is 1. The lowest BCUT2D eigenvalue weighted by atomic mass is 10.1. The van der Waals surface area contributed by atoms with Gasteiger partial charge in [0.05, 0.1) is 12.7 Å². The summed E-state index contributed by atoms with van der Waals surface area (Å²) >= 11 is 0. The van der Waals surface area contributed by atoms with Gasteiger partial charge in [-0.15, -0.1) is 0 Å². The fraction of sp³-hybridized carbons (Fsp3) is 0.350. The summed E-state index contributed by atoms with van der Waals surface area (Å²) in [7, 11) is 0.595.